The van der Waals surface area contributed by atoms with Gasteiger partial charge in [0.25, 0.3) is 0 Å². The molecule has 2 aromatic rings. The van der Waals surface area contributed by atoms with Gasteiger partial charge in [0.05, 0.1) is 5.52 Å². The Morgan fingerprint density at radius 2 is 1.84 bits per heavy atom. The summed E-state index contributed by atoms with van der Waals surface area (Å²) in [6.07, 6.45) is 0. The van der Waals surface area contributed by atoms with E-state index in [9.17, 15) is 5.11 Å². The minimum atomic E-state index is 0.373. The molecule has 1 saturated heterocycles. The Labute approximate surface area is 113 Å². The summed E-state index contributed by atoms with van der Waals surface area (Å²) in [7, 11) is 4.25. The maximum absolute atomic E-state index is 9.92. The van der Waals surface area contributed by atoms with Crippen molar-refractivity contribution in [3.63, 3.8) is 0 Å². The van der Waals surface area contributed by atoms with Gasteiger partial charge in [-0.3, -0.25) is 4.90 Å². The number of nitrogens with zero attached hydrogens (tertiary/aromatic N) is 3. The van der Waals surface area contributed by atoms with Crippen LogP contribution in [0.1, 0.15) is 5.69 Å². The van der Waals surface area contributed by atoms with Crippen molar-refractivity contribution < 1.29 is 5.11 Å². The molecule has 4 nitrogen and oxygen atoms in total. The topological polar surface area (TPSA) is 31.6 Å². The van der Waals surface area contributed by atoms with E-state index in [0.29, 0.717) is 5.75 Å². The predicted octanol–water partition coefficient (Wildman–Crippen LogP) is 1.63. The Kier molecular flexibility index (Phi) is 3.21. The number of aromatic hydroxyl groups is 1. The highest BCUT2D eigenvalue weighted by atomic mass is 16.3. The van der Waals surface area contributed by atoms with Crippen LogP contribution in [0.4, 0.5) is 0 Å². The first kappa shape index (κ1) is 12.5. The summed E-state index contributed by atoms with van der Waals surface area (Å²) in [4.78, 5) is 4.84. The SMILES string of the molecule is CN1CCN(Cc2cc3c(O)cccc3n2C)CC1. The number of aromatic nitrogens is 1. The van der Waals surface area contributed by atoms with Crippen LogP contribution in [0.15, 0.2) is 24.3 Å². The fraction of sp³-hybridized carbons (Fsp3) is 0.467. The number of likely N-dealkylation sites (N-methyl/N-ethyl adjacent to an activating group) is 1. The number of benzene rings is 1. The summed E-state index contributed by atoms with van der Waals surface area (Å²) in [5, 5.41) is 10.9. The minimum Gasteiger partial charge on any atom is -0.507 e. The third-order valence-corrected chi connectivity index (χ3v) is 4.14. The second-order valence-electron chi connectivity index (χ2n) is 5.48. The largest absolute Gasteiger partial charge is 0.507 e. The van der Waals surface area contributed by atoms with E-state index in [1.165, 1.54) is 5.69 Å². The van der Waals surface area contributed by atoms with Crippen molar-refractivity contribution in [2.75, 3.05) is 33.2 Å². The molecule has 0 bridgehead atoms. The minimum absolute atomic E-state index is 0.373. The zero-order valence-electron chi connectivity index (χ0n) is 11.6. The van der Waals surface area contributed by atoms with E-state index in [-0.39, 0.29) is 0 Å². The van der Waals surface area contributed by atoms with Gasteiger partial charge in [-0.05, 0) is 25.2 Å². The second kappa shape index (κ2) is 4.87. The van der Waals surface area contributed by atoms with E-state index in [0.717, 1.165) is 43.6 Å². The first-order chi connectivity index (χ1) is 9.15. The van der Waals surface area contributed by atoms with Crippen LogP contribution in [0.2, 0.25) is 0 Å². The molecule has 3 rings (SSSR count). The average Bonchev–Trinajstić information content (AvgIpc) is 2.72. The first-order valence-corrected chi connectivity index (χ1v) is 6.82. The van der Waals surface area contributed by atoms with Crippen molar-refractivity contribution in [3.05, 3.63) is 30.0 Å². The Hall–Kier alpha value is -1.52. The average molecular weight is 259 g/mol. The van der Waals surface area contributed by atoms with Crippen molar-refractivity contribution >= 4 is 10.9 Å². The molecular formula is C15H21N3O. The lowest BCUT2D eigenvalue weighted by Crippen LogP contribution is -2.44. The van der Waals surface area contributed by atoms with E-state index in [4.69, 9.17) is 0 Å². The monoisotopic (exact) mass is 259 g/mol. The molecule has 1 aliphatic rings. The van der Waals surface area contributed by atoms with Gasteiger partial charge in [-0.2, -0.15) is 0 Å². The van der Waals surface area contributed by atoms with Crippen molar-refractivity contribution in [1.82, 2.24) is 14.4 Å². The van der Waals surface area contributed by atoms with Crippen LogP contribution in [0.3, 0.4) is 0 Å². The van der Waals surface area contributed by atoms with Crippen molar-refractivity contribution in [2.24, 2.45) is 7.05 Å². The summed E-state index contributed by atoms with van der Waals surface area (Å²) in [5.74, 6) is 0.373. The number of hydrogen-bond donors (Lipinski definition) is 1. The zero-order valence-corrected chi connectivity index (χ0v) is 11.6. The molecule has 1 aliphatic heterocycles. The van der Waals surface area contributed by atoms with Gasteiger partial charge >= 0.3 is 0 Å². The second-order valence-corrected chi connectivity index (χ2v) is 5.48. The van der Waals surface area contributed by atoms with Gasteiger partial charge in [-0.25, -0.2) is 0 Å². The molecule has 1 fully saturated rings. The van der Waals surface area contributed by atoms with Crippen LogP contribution in [0, 0.1) is 0 Å². The summed E-state index contributed by atoms with van der Waals surface area (Å²) < 4.78 is 2.19. The van der Waals surface area contributed by atoms with Crippen LogP contribution in [-0.2, 0) is 13.6 Å². The number of phenolic OH excluding ortho intramolecular Hbond substituents is 1. The van der Waals surface area contributed by atoms with E-state index < -0.39 is 0 Å². The van der Waals surface area contributed by atoms with Gasteiger partial charge in [-0.15, -0.1) is 0 Å². The molecule has 0 amide bonds. The molecular weight excluding hydrogens is 238 g/mol. The van der Waals surface area contributed by atoms with Gasteiger partial charge < -0.3 is 14.6 Å². The molecule has 2 heterocycles. The number of aryl methyl sites for hydroxylation is 1. The molecule has 0 aliphatic carbocycles. The molecule has 0 atom stereocenters. The van der Waals surface area contributed by atoms with Gasteiger partial charge in [0.2, 0.25) is 0 Å². The van der Waals surface area contributed by atoms with Gasteiger partial charge in [0, 0.05) is 50.9 Å². The summed E-state index contributed by atoms with van der Waals surface area (Å²) in [6.45, 7) is 5.46. The lowest BCUT2D eigenvalue weighted by molar-refractivity contribution is 0.146. The van der Waals surface area contributed by atoms with E-state index in [1.807, 2.05) is 6.07 Å². The summed E-state index contributed by atoms with van der Waals surface area (Å²) in [6, 6.07) is 7.82. The lowest BCUT2D eigenvalue weighted by atomic mass is 10.2. The number of hydrogen-bond acceptors (Lipinski definition) is 3. The van der Waals surface area contributed by atoms with Crippen molar-refractivity contribution in [2.45, 2.75) is 6.54 Å². The molecule has 0 saturated carbocycles. The number of phenols is 1. The maximum Gasteiger partial charge on any atom is 0.124 e. The van der Waals surface area contributed by atoms with Gasteiger partial charge in [0.15, 0.2) is 0 Å². The maximum atomic E-state index is 9.92. The highest BCUT2D eigenvalue weighted by molar-refractivity contribution is 5.87. The highest BCUT2D eigenvalue weighted by Gasteiger charge is 2.16. The van der Waals surface area contributed by atoms with Crippen molar-refractivity contribution in [1.29, 1.82) is 0 Å². The van der Waals surface area contributed by atoms with E-state index in [1.54, 1.807) is 6.07 Å². The normalized spacial score (nSPS) is 18.2. The third-order valence-electron chi connectivity index (χ3n) is 4.14. The number of fused-ring (bicyclic) bond motifs is 1. The number of rotatable bonds is 2. The smallest absolute Gasteiger partial charge is 0.124 e. The molecule has 1 aromatic heterocycles. The van der Waals surface area contributed by atoms with Crippen molar-refractivity contribution in [3.8, 4) is 5.75 Å². The molecule has 102 valence electrons. The molecule has 1 aromatic carbocycles. The third kappa shape index (κ3) is 2.33. The fourth-order valence-electron chi connectivity index (χ4n) is 2.79. The first-order valence-electron chi connectivity index (χ1n) is 6.82. The van der Waals surface area contributed by atoms with Crippen LogP contribution >= 0.6 is 0 Å². The Bertz CT molecular complexity index is 582. The quantitative estimate of drug-likeness (QED) is 0.889. The predicted molar refractivity (Wildman–Crippen MR) is 77.4 cm³/mol. The fourth-order valence-corrected chi connectivity index (χ4v) is 2.79. The summed E-state index contributed by atoms with van der Waals surface area (Å²) >= 11 is 0. The Balaban J connectivity index is 1.85. The van der Waals surface area contributed by atoms with E-state index in [2.05, 4.69) is 40.6 Å². The van der Waals surface area contributed by atoms with Gasteiger partial charge in [-0.1, -0.05) is 6.07 Å². The molecule has 0 radical (unpaired) electrons. The Morgan fingerprint density at radius 3 is 2.53 bits per heavy atom. The summed E-state index contributed by atoms with van der Waals surface area (Å²) in [5.41, 5.74) is 2.37. The van der Waals surface area contributed by atoms with E-state index >= 15 is 0 Å². The molecule has 0 unspecified atom stereocenters. The van der Waals surface area contributed by atoms with Crippen LogP contribution in [0.25, 0.3) is 10.9 Å². The standard InChI is InChI=1S/C15H21N3O/c1-16-6-8-18(9-7-16)11-12-10-13-14(17(12)2)4-3-5-15(13)19/h3-5,10,19H,6-9,11H2,1-2H3. The zero-order chi connectivity index (χ0) is 13.4. The molecule has 4 heteroatoms. The molecule has 19 heavy (non-hydrogen) atoms. The highest BCUT2D eigenvalue weighted by Crippen LogP contribution is 2.27. The Morgan fingerprint density at radius 1 is 1.11 bits per heavy atom. The molecule has 1 N–H and O–H groups in total. The number of piperazine rings is 1. The van der Waals surface area contributed by atoms with Crippen LogP contribution in [0.5, 0.6) is 5.75 Å². The molecule has 0 spiro atoms. The lowest BCUT2D eigenvalue weighted by Gasteiger charge is -2.32. The van der Waals surface area contributed by atoms with Crippen LogP contribution in [-0.4, -0.2) is 52.7 Å². The van der Waals surface area contributed by atoms with Gasteiger partial charge in [0.1, 0.15) is 5.75 Å². The van der Waals surface area contributed by atoms with Crippen LogP contribution < -0.4 is 0 Å².